The molecule has 0 saturated carbocycles. The highest BCUT2D eigenvalue weighted by atomic mass is 16.6. The summed E-state index contributed by atoms with van der Waals surface area (Å²) in [7, 11) is 0. The highest BCUT2D eigenvalue weighted by Crippen LogP contribution is 2.33. The molecule has 0 spiro atoms. The first-order valence-corrected chi connectivity index (χ1v) is 9.81. The summed E-state index contributed by atoms with van der Waals surface area (Å²) in [5.41, 5.74) is 1.33. The van der Waals surface area contributed by atoms with Crippen LogP contribution < -0.4 is 24.8 Å². The van der Waals surface area contributed by atoms with Gasteiger partial charge in [0.2, 0.25) is 5.91 Å². The van der Waals surface area contributed by atoms with Crippen LogP contribution >= 0.6 is 0 Å². The summed E-state index contributed by atoms with van der Waals surface area (Å²) in [6, 6.07) is 12.4. The van der Waals surface area contributed by atoms with Crippen LogP contribution in [0, 0.1) is 0 Å². The van der Waals surface area contributed by atoms with Gasteiger partial charge in [0.25, 0.3) is 5.91 Å². The number of carbonyl (C=O) groups excluding carboxylic acids is 2. The number of hydrogen-bond donors (Lipinski definition) is 2. The van der Waals surface area contributed by atoms with E-state index in [2.05, 4.69) is 10.6 Å². The zero-order valence-corrected chi connectivity index (χ0v) is 16.7. The van der Waals surface area contributed by atoms with Crippen LogP contribution in [0.3, 0.4) is 0 Å². The molecule has 2 aromatic rings. The van der Waals surface area contributed by atoms with Crippen LogP contribution in [0.25, 0.3) is 0 Å². The summed E-state index contributed by atoms with van der Waals surface area (Å²) in [4.78, 5) is 24.8. The molecule has 7 nitrogen and oxygen atoms in total. The van der Waals surface area contributed by atoms with Crippen LogP contribution in [0.1, 0.15) is 42.2 Å². The van der Waals surface area contributed by atoms with Crippen molar-refractivity contribution in [1.82, 2.24) is 10.6 Å². The SMILES string of the molecule is CCOc1ccccc1C(=O)NCC(=O)N[C@@H](CC)c1ccc2c(c1)OCCO2. The first-order chi connectivity index (χ1) is 14.1. The van der Waals surface area contributed by atoms with Gasteiger partial charge in [-0.3, -0.25) is 9.59 Å². The molecule has 29 heavy (non-hydrogen) atoms. The Hall–Kier alpha value is -3.22. The molecule has 2 amide bonds. The average Bonchev–Trinajstić information content (AvgIpc) is 2.76. The van der Waals surface area contributed by atoms with Crippen molar-refractivity contribution in [3.05, 3.63) is 53.6 Å². The second kappa shape index (κ2) is 9.82. The molecule has 154 valence electrons. The van der Waals surface area contributed by atoms with Crippen molar-refractivity contribution in [2.45, 2.75) is 26.3 Å². The minimum Gasteiger partial charge on any atom is -0.493 e. The topological polar surface area (TPSA) is 85.9 Å². The van der Waals surface area contributed by atoms with Crippen molar-refractivity contribution in [2.24, 2.45) is 0 Å². The van der Waals surface area contributed by atoms with Crippen LogP contribution in [0.2, 0.25) is 0 Å². The summed E-state index contributed by atoms with van der Waals surface area (Å²) < 4.78 is 16.6. The van der Waals surface area contributed by atoms with Crippen LogP contribution in [0.5, 0.6) is 17.2 Å². The second-order valence-electron chi connectivity index (χ2n) is 6.54. The molecule has 2 aromatic carbocycles. The first kappa shape index (κ1) is 20.5. The molecule has 3 rings (SSSR count). The monoisotopic (exact) mass is 398 g/mol. The molecule has 1 atom stereocenters. The van der Waals surface area contributed by atoms with E-state index in [1.807, 2.05) is 32.0 Å². The van der Waals surface area contributed by atoms with E-state index in [0.717, 1.165) is 5.56 Å². The van der Waals surface area contributed by atoms with Gasteiger partial charge in [-0.25, -0.2) is 0 Å². The van der Waals surface area contributed by atoms with Crippen molar-refractivity contribution < 1.29 is 23.8 Å². The lowest BCUT2D eigenvalue weighted by Crippen LogP contribution is -2.38. The third-order valence-electron chi connectivity index (χ3n) is 4.55. The molecule has 7 heteroatoms. The lowest BCUT2D eigenvalue weighted by molar-refractivity contribution is -0.120. The fourth-order valence-electron chi connectivity index (χ4n) is 3.13. The zero-order valence-electron chi connectivity index (χ0n) is 16.7. The van der Waals surface area contributed by atoms with E-state index >= 15 is 0 Å². The second-order valence-corrected chi connectivity index (χ2v) is 6.54. The van der Waals surface area contributed by atoms with E-state index in [4.69, 9.17) is 14.2 Å². The summed E-state index contributed by atoms with van der Waals surface area (Å²) in [5, 5.41) is 5.61. The fourth-order valence-corrected chi connectivity index (χ4v) is 3.13. The third kappa shape index (κ3) is 5.19. The predicted molar refractivity (Wildman–Crippen MR) is 109 cm³/mol. The van der Waals surface area contributed by atoms with Gasteiger partial charge in [-0.05, 0) is 43.2 Å². The Balaban J connectivity index is 1.59. The molecular weight excluding hydrogens is 372 g/mol. The van der Waals surface area contributed by atoms with Crippen molar-refractivity contribution in [3.8, 4) is 17.2 Å². The maximum Gasteiger partial charge on any atom is 0.255 e. The van der Waals surface area contributed by atoms with E-state index in [0.29, 0.717) is 49.1 Å². The van der Waals surface area contributed by atoms with E-state index in [1.54, 1.807) is 24.3 Å². The van der Waals surface area contributed by atoms with Crippen molar-refractivity contribution in [3.63, 3.8) is 0 Å². The Morgan fingerprint density at radius 3 is 2.59 bits per heavy atom. The van der Waals surface area contributed by atoms with E-state index in [-0.39, 0.29) is 24.4 Å². The fraction of sp³-hybridized carbons (Fsp3) is 0.364. The number of amides is 2. The van der Waals surface area contributed by atoms with Gasteiger partial charge < -0.3 is 24.8 Å². The highest BCUT2D eigenvalue weighted by Gasteiger charge is 2.18. The third-order valence-corrected chi connectivity index (χ3v) is 4.55. The Morgan fingerprint density at radius 1 is 1.07 bits per heavy atom. The van der Waals surface area contributed by atoms with Gasteiger partial charge >= 0.3 is 0 Å². The number of rotatable bonds is 8. The van der Waals surface area contributed by atoms with Gasteiger partial charge in [0.05, 0.1) is 24.8 Å². The number of ether oxygens (including phenoxy) is 3. The van der Waals surface area contributed by atoms with Gasteiger partial charge in [-0.15, -0.1) is 0 Å². The van der Waals surface area contributed by atoms with E-state index in [1.165, 1.54) is 0 Å². The summed E-state index contributed by atoms with van der Waals surface area (Å²) >= 11 is 0. The lowest BCUT2D eigenvalue weighted by Gasteiger charge is -2.22. The largest absolute Gasteiger partial charge is 0.493 e. The number of nitrogens with one attached hydrogen (secondary N) is 2. The van der Waals surface area contributed by atoms with E-state index in [9.17, 15) is 9.59 Å². The predicted octanol–water partition coefficient (Wildman–Crippen LogP) is 2.85. The summed E-state index contributed by atoms with van der Waals surface area (Å²) in [6.45, 7) is 5.21. The molecule has 0 saturated heterocycles. The number of para-hydroxylation sites is 1. The van der Waals surface area contributed by atoms with Crippen LogP contribution in [-0.2, 0) is 4.79 Å². The quantitative estimate of drug-likeness (QED) is 0.714. The molecule has 1 aliphatic heterocycles. The number of carbonyl (C=O) groups is 2. The molecule has 0 aromatic heterocycles. The van der Waals surface area contributed by atoms with Gasteiger partial charge in [0.1, 0.15) is 19.0 Å². The molecule has 1 heterocycles. The van der Waals surface area contributed by atoms with Crippen molar-refractivity contribution >= 4 is 11.8 Å². The Bertz CT molecular complexity index is 868. The molecular formula is C22H26N2O5. The van der Waals surface area contributed by atoms with Crippen molar-refractivity contribution in [2.75, 3.05) is 26.4 Å². The highest BCUT2D eigenvalue weighted by molar-refractivity contribution is 5.98. The Morgan fingerprint density at radius 2 is 1.83 bits per heavy atom. The standard InChI is InChI=1S/C22H26N2O5/c1-3-17(15-9-10-19-20(13-15)29-12-11-28-19)24-21(25)14-23-22(26)16-7-5-6-8-18(16)27-4-2/h5-10,13,17H,3-4,11-12,14H2,1-2H3,(H,23,26)(H,24,25)/t17-/m0/s1. The normalized spacial score (nSPS) is 13.3. The van der Waals surface area contributed by atoms with Crippen LogP contribution in [-0.4, -0.2) is 38.2 Å². The van der Waals surface area contributed by atoms with Gasteiger partial charge in [0, 0.05) is 0 Å². The van der Waals surface area contributed by atoms with Gasteiger partial charge in [-0.2, -0.15) is 0 Å². The number of benzene rings is 2. The number of fused-ring (bicyclic) bond motifs is 1. The smallest absolute Gasteiger partial charge is 0.255 e. The van der Waals surface area contributed by atoms with Gasteiger partial charge in [-0.1, -0.05) is 25.1 Å². The van der Waals surface area contributed by atoms with E-state index < -0.39 is 0 Å². The van der Waals surface area contributed by atoms with Crippen molar-refractivity contribution in [1.29, 1.82) is 0 Å². The lowest BCUT2D eigenvalue weighted by atomic mass is 10.0. The average molecular weight is 398 g/mol. The minimum absolute atomic E-state index is 0.125. The first-order valence-electron chi connectivity index (χ1n) is 9.81. The van der Waals surface area contributed by atoms with Crippen LogP contribution in [0.15, 0.2) is 42.5 Å². The molecule has 2 N–H and O–H groups in total. The Kier molecular flexibility index (Phi) is 6.94. The van der Waals surface area contributed by atoms with Crippen LogP contribution in [0.4, 0.5) is 0 Å². The summed E-state index contributed by atoms with van der Waals surface area (Å²) in [6.07, 6.45) is 0.701. The Labute approximate surface area is 170 Å². The minimum atomic E-state index is -0.350. The summed E-state index contributed by atoms with van der Waals surface area (Å²) in [5.74, 6) is 1.27. The molecule has 0 aliphatic carbocycles. The molecule has 0 fully saturated rings. The molecule has 0 unspecified atom stereocenters. The maximum absolute atomic E-state index is 12.4. The molecule has 0 radical (unpaired) electrons. The zero-order chi connectivity index (χ0) is 20.6. The van der Waals surface area contributed by atoms with Gasteiger partial charge in [0.15, 0.2) is 11.5 Å². The number of hydrogen-bond acceptors (Lipinski definition) is 5. The molecule has 0 bridgehead atoms. The molecule has 1 aliphatic rings. The maximum atomic E-state index is 12.4.